The average molecular weight is 282 g/mol. The van der Waals surface area contributed by atoms with Crippen molar-refractivity contribution in [3.63, 3.8) is 0 Å². The van der Waals surface area contributed by atoms with E-state index in [0.717, 1.165) is 26.1 Å². The SMILES string of the molecule is CCCNCc1ccc(N(C)CCc2ccccc2)cc1. The van der Waals surface area contributed by atoms with E-state index in [1.165, 1.54) is 23.2 Å². The third kappa shape index (κ3) is 5.24. The van der Waals surface area contributed by atoms with E-state index < -0.39 is 0 Å². The van der Waals surface area contributed by atoms with Gasteiger partial charge in [0, 0.05) is 25.8 Å². The lowest BCUT2D eigenvalue weighted by molar-refractivity contribution is 0.675. The topological polar surface area (TPSA) is 15.3 Å². The van der Waals surface area contributed by atoms with Crippen molar-refractivity contribution in [1.82, 2.24) is 5.32 Å². The van der Waals surface area contributed by atoms with Crippen LogP contribution >= 0.6 is 0 Å². The first-order chi connectivity index (χ1) is 10.3. The van der Waals surface area contributed by atoms with Crippen molar-refractivity contribution in [1.29, 1.82) is 0 Å². The fraction of sp³-hybridized carbons (Fsp3) is 0.368. The van der Waals surface area contributed by atoms with E-state index in [1.807, 2.05) is 0 Å². The van der Waals surface area contributed by atoms with Crippen molar-refractivity contribution in [2.24, 2.45) is 0 Å². The first kappa shape index (κ1) is 15.6. The van der Waals surface area contributed by atoms with Crippen LogP contribution in [0, 0.1) is 0 Å². The summed E-state index contributed by atoms with van der Waals surface area (Å²) in [4.78, 5) is 2.32. The molecule has 0 aromatic heterocycles. The minimum atomic E-state index is 0.960. The molecular formula is C19H26N2. The molecule has 0 aliphatic rings. The second kappa shape index (κ2) is 8.48. The molecule has 0 radical (unpaired) electrons. The smallest absolute Gasteiger partial charge is 0.0363 e. The van der Waals surface area contributed by atoms with Crippen molar-refractivity contribution in [2.75, 3.05) is 25.0 Å². The highest BCUT2D eigenvalue weighted by Crippen LogP contribution is 2.14. The summed E-state index contributed by atoms with van der Waals surface area (Å²) in [5.74, 6) is 0. The fourth-order valence-corrected chi connectivity index (χ4v) is 2.35. The Bertz CT molecular complexity index is 505. The Hall–Kier alpha value is -1.80. The normalized spacial score (nSPS) is 10.6. The Labute approximate surface area is 128 Å². The monoisotopic (exact) mass is 282 g/mol. The van der Waals surface area contributed by atoms with Gasteiger partial charge in [-0.2, -0.15) is 0 Å². The minimum absolute atomic E-state index is 0.960. The van der Waals surface area contributed by atoms with E-state index in [1.54, 1.807) is 0 Å². The van der Waals surface area contributed by atoms with E-state index in [4.69, 9.17) is 0 Å². The van der Waals surface area contributed by atoms with Crippen LogP contribution in [0.3, 0.4) is 0 Å². The molecule has 0 bridgehead atoms. The second-order valence-corrected chi connectivity index (χ2v) is 5.50. The van der Waals surface area contributed by atoms with Crippen LogP contribution < -0.4 is 10.2 Å². The van der Waals surface area contributed by atoms with E-state index in [2.05, 4.69) is 78.8 Å². The van der Waals surface area contributed by atoms with E-state index in [0.29, 0.717) is 0 Å². The van der Waals surface area contributed by atoms with Gasteiger partial charge in [0.15, 0.2) is 0 Å². The first-order valence-electron chi connectivity index (χ1n) is 7.84. The molecule has 2 aromatic rings. The summed E-state index contributed by atoms with van der Waals surface area (Å²) in [5, 5.41) is 3.43. The molecule has 0 unspecified atom stereocenters. The van der Waals surface area contributed by atoms with Crippen LogP contribution in [0.25, 0.3) is 0 Å². The van der Waals surface area contributed by atoms with Gasteiger partial charge in [0.2, 0.25) is 0 Å². The predicted octanol–water partition coefficient (Wildman–Crippen LogP) is 3.87. The molecule has 2 nitrogen and oxygen atoms in total. The van der Waals surface area contributed by atoms with Gasteiger partial charge in [-0.15, -0.1) is 0 Å². The highest BCUT2D eigenvalue weighted by Gasteiger charge is 2.01. The Kier molecular flexibility index (Phi) is 6.29. The van der Waals surface area contributed by atoms with Crippen LogP contribution in [0.4, 0.5) is 5.69 Å². The van der Waals surface area contributed by atoms with E-state index >= 15 is 0 Å². The number of nitrogens with zero attached hydrogens (tertiary/aromatic N) is 1. The molecule has 0 fully saturated rings. The molecule has 2 aromatic carbocycles. The summed E-state index contributed by atoms with van der Waals surface area (Å²) in [6.45, 7) is 5.27. The van der Waals surface area contributed by atoms with Crippen molar-refractivity contribution in [3.05, 3.63) is 65.7 Å². The standard InChI is InChI=1S/C19H26N2/c1-3-14-20-16-18-9-11-19(12-10-18)21(2)15-13-17-7-5-4-6-8-17/h4-12,20H,3,13-16H2,1-2H3. The van der Waals surface area contributed by atoms with Gasteiger partial charge in [0.25, 0.3) is 0 Å². The maximum Gasteiger partial charge on any atom is 0.0363 e. The fourth-order valence-electron chi connectivity index (χ4n) is 2.35. The molecule has 0 aliphatic carbocycles. The maximum absolute atomic E-state index is 3.43. The zero-order chi connectivity index (χ0) is 14.9. The van der Waals surface area contributed by atoms with Crippen molar-refractivity contribution in [3.8, 4) is 0 Å². The lowest BCUT2D eigenvalue weighted by atomic mass is 10.1. The predicted molar refractivity (Wildman–Crippen MR) is 91.9 cm³/mol. The Morgan fingerprint density at radius 3 is 2.29 bits per heavy atom. The van der Waals surface area contributed by atoms with E-state index in [-0.39, 0.29) is 0 Å². The number of likely N-dealkylation sites (N-methyl/N-ethyl adjacent to an activating group) is 1. The van der Waals surface area contributed by atoms with E-state index in [9.17, 15) is 0 Å². The highest BCUT2D eigenvalue weighted by molar-refractivity contribution is 5.47. The molecule has 0 saturated heterocycles. The quantitative estimate of drug-likeness (QED) is 0.740. The number of nitrogens with one attached hydrogen (secondary N) is 1. The second-order valence-electron chi connectivity index (χ2n) is 5.50. The summed E-state index contributed by atoms with van der Waals surface area (Å²) >= 11 is 0. The lowest BCUT2D eigenvalue weighted by Gasteiger charge is -2.19. The zero-order valence-electron chi connectivity index (χ0n) is 13.2. The van der Waals surface area contributed by atoms with Gasteiger partial charge in [-0.05, 0) is 42.6 Å². The Balaban J connectivity index is 1.83. The summed E-state index contributed by atoms with van der Waals surface area (Å²) in [6.07, 6.45) is 2.26. The van der Waals surface area contributed by atoms with Crippen LogP contribution in [0.2, 0.25) is 0 Å². The molecule has 0 heterocycles. The van der Waals surface area contributed by atoms with Gasteiger partial charge in [-0.3, -0.25) is 0 Å². The summed E-state index contributed by atoms with van der Waals surface area (Å²) in [7, 11) is 2.16. The molecule has 0 saturated carbocycles. The zero-order valence-corrected chi connectivity index (χ0v) is 13.2. The number of anilines is 1. The summed E-state index contributed by atoms with van der Waals surface area (Å²) in [5.41, 5.74) is 4.03. The van der Waals surface area contributed by atoms with Gasteiger partial charge in [0.05, 0.1) is 0 Å². The molecular weight excluding hydrogens is 256 g/mol. The average Bonchev–Trinajstić information content (AvgIpc) is 2.54. The molecule has 112 valence electrons. The molecule has 0 spiro atoms. The number of benzene rings is 2. The number of hydrogen-bond donors (Lipinski definition) is 1. The molecule has 0 atom stereocenters. The van der Waals surface area contributed by atoms with Gasteiger partial charge in [-0.1, -0.05) is 49.4 Å². The summed E-state index contributed by atoms with van der Waals surface area (Å²) in [6, 6.07) is 19.5. The first-order valence-corrected chi connectivity index (χ1v) is 7.84. The van der Waals surface area contributed by atoms with Gasteiger partial charge in [-0.25, -0.2) is 0 Å². The molecule has 2 heteroatoms. The third-order valence-electron chi connectivity index (χ3n) is 3.71. The number of rotatable bonds is 8. The highest BCUT2D eigenvalue weighted by atomic mass is 15.1. The van der Waals surface area contributed by atoms with Crippen LogP contribution in [0.15, 0.2) is 54.6 Å². The molecule has 21 heavy (non-hydrogen) atoms. The Morgan fingerprint density at radius 2 is 1.62 bits per heavy atom. The van der Waals surface area contributed by atoms with Crippen molar-refractivity contribution in [2.45, 2.75) is 26.3 Å². The molecule has 1 N–H and O–H groups in total. The van der Waals surface area contributed by atoms with Crippen molar-refractivity contribution < 1.29 is 0 Å². The van der Waals surface area contributed by atoms with Crippen LogP contribution in [0.5, 0.6) is 0 Å². The molecule has 0 aliphatic heterocycles. The third-order valence-corrected chi connectivity index (χ3v) is 3.71. The van der Waals surface area contributed by atoms with Gasteiger partial charge < -0.3 is 10.2 Å². The number of hydrogen-bond acceptors (Lipinski definition) is 2. The largest absolute Gasteiger partial charge is 0.374 e. The van der Waals surface area contributed by atoms with Crippen molar-refractivity contribution >= 4 is 5.69 Å². The maximum atomic E-state index is 3.43. The van der Waals surface area contributed by atoms with Crippen LogP contribution in [0.1, 0.15) is 24.5 Å². The minimum Gasteiger partial charge on any atom is -0.374 e. The molecule has 2 rings (SSSR count). The summed E-state index contributed by atoms with van der Waals surface area (Å²) < 4.78 is 0. The van der Waals surface area contributed by atoms with Crippen LogP contribution in [-0.2, 0) is 13.0 Å². The Morgan fingerprint density at radius 1 is 0.905 bits per heavy atom. The van der Waals surface area contributed by atoms with Gasteiger partial charge >= 0.3 is 0 Å². The van der Waals surface area contributed by atoms with Gasteiger partial charge in [0.1, 0.15) is 0 Å². The van der Waals surface area contributed by atoms with Crippen LogP contribution in [-0.4, -0.2) is 20.1 Å². The lowest BCUT2D eigenvalue weighted by Crippen LogP contribution is -2.20. The molecule has 0 amide bonds.